The van der Waals surface area contributed by atoms with Gasteiger partial charge in [-0.05, 0) is 134 Å². The van der Waals surface area contributed by atoms with Crippen molar-refractivity contribution in [2.24, 2.45) is 0 Å². The molecule has 2 N–H and O–H groups in total. The lowest BCUT2D eigenvalue weighted by molar-refractivity contribution is 0.200. The highest BCUT2D eigenvalue weighted by Crippen LogP contribution is 2.50. The standard InChI is InChI=1S/C53H68O3S/c1-32-20-41(35-26-37(50(4,5)6)30-38(27-35)51(7,8)9)47(54)43(22-32)45-24-34(3)25-46(49(45)57-19-17-18-56-16)44-23-33(2)21-42(48(44)55)36-28-39(52(10,11)12)31-40(29-36)53(13,14)15/h20-31,54-55H,17-19H2,1-16H3. The van der Waals surface area contributed by atoms with Crippen molar-refractivity contribution in [3.63, 3.8) is 0 Å². The van der Waals surface area contributed by atoms with Crippen molar-refractivity contribution < 1.29 is 14.9 Å². The summed E-state index contributed by atoms with van der Waals surface area (Å²) in [6, 6.07) is 26.5. The van der Waals surface area contributed by atoms with E-state index in [1.54, 1.807) is 18.9 Å². The normalized spacial score (nSPS) is 12.7. The number of ether oxygens (including phenoxy) is 1. The molecule has 0 fully saturated rings. The minimum atomic E-state index is -0.0627. The number of methoxy groups -OCH3 is 1. The summed E-state index contributed by atoms with van der Waals surface area (Å²) < 4.78 is 5.47. The number of aryl methyl sites for hydroxylation is 3. The first-order valence-electron chi connectivity index (χ1n) is 20.6. The van der Waals surface area contributed by atoms with Crippen molar-refractivity contribution >= 4 is 11.8 Å². The Balaban J connectivity index is 1.81. The van der Waals surface area contributed by atoms with Crippen LogP contribution in [0.5, 0.6) is 11.5 Å². The second kappa shape index (κ2) is 16.3. The first kappa shape index (κ1) is 44.1. The molecule has 5 aromatic carbocycles. The quantitative estimate of drug-likeness (QED) is 0.115. The molecular formula is C53H68O3S. The highest BCUT2D eigenvalue weighted by molar-refractivity contribution is 7.99. The summed E-state index contributed by atoms with van der Waals surface area (Å²) in [6.45, 7) is 34.0. The molecule has 0 bridgehead atoms. The van der Waals surface area contributed by atoms with E-state index in [1.807, 2.05) is 0 Å². The highest BCUT2D eigenvalue weighted by atomic mass is 32.2. The Kier molecular flexibility index (Phi) is 12.6. The van der Waals surface area contributed by atoms with E-state index >= 15 is 0 Å². The van der Waals surface area contributed by atoms with E-state index in [1.165, 1.54) is 22.3 Å². The number of thioether (sulfide) groups is 1. The number of aromatic hydroxyl groups is 2. The number of phenols is 2. The largest absolute Gasteiger partial charge is 0.507 e. The lowest BCUT2D eigenvalue weighted by Crippen LogP contribution is -2.16. The predicted octanol–water partition coefficient (Wildman–Crippen LogP) is 15.0. The van der Waals surface area contributed by atoms with Gasteiger partial charge in [0.25, 0.3) is 0 Å². The average Bonchev–Trinajstić information content (AvgIpc) is 3.10. The van der Waals surface area contributed by atoms with E-state index in [-0.39, 0.29) is 33.2 Å². The Bertz CT molecular complexity index is 2050. The maximum absolute atomic E-state index is 12.5. The van der Waals surface area contributed by atoms with Gasteiger partial charge in [0.1, 0.15) is 11.5 Å². The minimum absolute atomic E-state index is 0.0627. The van der Waals surface area contributed by atoms with Crippen LogP contribution in [0.4, 0.5) is 0 Å². The molecule has 0 aliphatic carbocycles. The zero-order chi connectivity index (χ0) is 42.4. The van der Waals surface area contributed by atoms with Crippen molar-refractivity contribution in [1.29, 1.82) is 0 Å². The molecule has 0 aliphatic heterocycles. The van der Waals surface area contributed by atoms with Gasteiger partial charge in [0.15, 0.2) is 0 Å². The number of benzene rings is 5. The van der Waals surface area contributed by atoms with Crippen molar-refractivity contribution in [2.45, 2.75) is 137 Å². The average molecular weight is 785 g/mol. The molecule has 5 rings (SSSR count). The van der Waals surface area contributed by atoms with E-state index in [0.29, 0.717) is 6.61 Å². The molecule has 0 atom stereocenters. The fourth-order valence-corrected chi connectivity index (χ4v) is 8.53. The minimum Gasteiger partial charge on any atom is -0.507 e. The number of hydrogen-bond donors (Lipinski definition) is 2. The third kappa shape index (κ3) is 10.0. The summed E-state index contributed by atoms with van der Waals surface area (Å²) in [7, 11) is 1.74. The smallest absolute Gasteiger partial charge is 0.131 e. The van der Waals surface area contributed by atoms with Crippen molar-refractivity contribution in [3.8, 4) is 56.0 Å². The van der Waals surface area contributed by atoms with Gasteiger partial charge >= 0.3 is 0 Å². The van der Waals surface area contributed by atoms with Gasteiger partial charge in [-0.3, -0.25) is 0 Å². The van der Waals surface area contributed by atoms with Gasteiger partial charge in [-0.25, -0.2) is 0 Å². The maximum Gasteiger partial charge on any atom is 0.131 e. The molecule has 0 saturated carbocycles. The zero-order valence-electron chi connectivity index (χ0n) is 37.8. The number of phenolic OH excluding ortho intramolecular Hbond substituents is 2. The summed E-state index contributed by atoms with van der Waals surface area (Å²) in [6.07, 6.45) is 0.869. The third-order valence-corrected chi connectivity index (χ3v) is 12.2. The predicted molar refractivity (Wildman–Crippen MR) is 248 cm³/mol. The second-order valence-corrected chi connectivity index (χ2v) is 21.5. The van der Waals surface area contributed by atoms with Gasteiger partial charge in [-0.1, -0.05) is 132 Å². The van der Waals surface area contributed by atoms with Gasteiger partial charge in [-0.15, -0.1) is 11.8 Å². The Hall–Kier alpha value is -3.99. The number of rotatable bonds is 9. The molecule has 304 valence electrons. The molecule has 5 aromatic rings. The molecule has 0 heterocycles. The fourth-order valence-electron chi connectivity index (χ4n) is 7.41. The van der Waals surface area contributed by atoms with Gasteiger partial charge < -0.3 is 14.9 Å². The van der Waals surface area contributed by atoms with Gasteiger partial charge in [-0.2, -0.15) is 0 Å². The lowest BCUT2D eigenvalue weighted by Gasteiger charge is -2.27. The van der Waals surface area contributed by atoms with Crippen LogP contribution >= 0.6 is 11.8 Å². The summed E-state index contributed by atoms with van der Waals surface area (Å²) >= 11 is 1.77. The molecule has 0 spiro atoms. The van der Waals surface area contributed by atoms with Crippen molar-refractivity contribution in [3.05, 3.63) is 112 Å². The molecule has 0 aromatic heterocycles. The van der Waals surface area contributed by atoms with Crippen LogP contribution in [-0.2, 0) is 26.4 Å². The van der Waals surface area contributed by atoms with Gasteiger partial charge in [0.2, 0.25) is 0 Å². The van der Waals surface area contributed by atoms with Crippen LogP contribution in [-0.4, -0.2) is 29.7 Å². The van der Waals surface area contributed by atoms with E-state index in [0.717, 1.165) is 78.3 Å². The molecule has 0 radical (unpaired) electrons. The molecule has 0 saturated heterocycles. The molecule has 0 amide bonds. The maximum atomic E-state index is 12.5. The first-order valence-corrected chi connectivity index (χ1v) is 21.6. The Morgan fingerprint density at radius 1 is 0.439 bits per heavy atom. The fraction of sp³-hybridized carbons (Fsp3) is 0.434. The molecule has 0 unspecified atom stereocenters. The van der Waals surface area contributed by atoms with Gasteiger partial charge in [0.05, 0.1) is 0 Å². The van der Waals surface area contributed by atoms with Gasteiger partial charge in [0, 0.05) is 46.6 Å². The van der Waals surface area contributed by atoms with E-state index in [2.05, 4.69) is 177 Å². The van der Waals surface area contributed by atoms with Crippen LogP contribution in [0.2, 0.25) is 0 Å². The molecule has 0 aliphatic rings. The third-order valence-electron chi connectivity index (χ3n) is 11.0. The van der Waals surface area contributed by atoms with Crippen LogP contribution in [0.25, 0.3) is 44.5 Å². The zero-order valence-corrected chi connectivity index (χ0v) is 38.6. The molecule has 4 heteroatoms. The Labute approximate surface area is 349 Å². The monoisotopic (exact) mass is 784 g/mol. The summed E-state index contributed by atoms with van der Waals surface area (Å²) in [5.74, 6) is 1.36. The SMILES string of the molecule is COCCCSc1c(-c2cc(C)cc(-c3cc(C(C)(C)C)cc(C(C)(C)C)c3)c2O)cc(C)cc1-c1cc(C)cc(-c2cc(C(C)(C)C)cc(C(C)(C)C)c2)c1O. The Morgan fingerprint density at radius 3 is 1.04 bits per heavy atom. The Morgan fingerprint density at radius 2 is 0.737 bits per heavy atom. The van der Waals surface area contributed by atoms with Crippen LogP contribution in [0, 0.1) is 20.8 Å². The molecule has 3 nitrogen and oxygen atoms in total. The molecular weight excluding hydrogens is 717 g/mol. The van der Waals surface area contributed by atoms with Crippen LogP contribution in [0.3, 0.4) is 0 Å². The van der Waals surface area contributed by atoms with Crippen LogP contribution in [0.15, 0.2) is 77.7 Å². The molecule has 57 heavy (non-hydrogen) atoms. The van der Waals surface area contributed by atoms with E-state index in [9.17, 15) is 10.2 Å². The summed E-state index contributed by atoms with van der Waals surface area (Å²) in [5, 5.41) is 25.0. The second-order valence-electron chi connectivity index (χ2n) is 20.4. The van der Waals surface area contributed by atoms with Crippen LogP contribution in [0.1, 0.15) is 128 Å². The highest BCUT2D eigenvalue weighted by Gasteiger charge is 2.27. The topological polar surface area (TPSA) is 49.7 Å². The van der Waals surface area contributed by atoms with Crippen molar-refractivity contribution in [1.82, 2.24) is 0 Å². The van der Waals surface area contributed by atoms with E-state index in [4.69, 9.17) is 4.74 Å². The van der Waals surface area contributed by atoms with Crippen LogP contribution < -0.4 is 0 Å². The first-order chi connectivity index (χ1) is 26.3. The van der Waals surface area contributed by atoms with Crippen molar-refractivity contribution in [2.75, 3.05) is 19.5 Å². The van der Waals surface area contributed by atoms with E-state index < -0.39 is 0 Å². The lowest BCUT2D eigenvalue weighted by atomic mass is 9.78. The summed E-state index contributed by atoms with van der Waals surface area (Å²) in [5.41, 5.74) is 15.1. The summed E-state index contributed by atoms with van der Waals surface area (Å²) in [4.78, 5) is 1.04. The number of hydrogen-bond acceptors (Lipinski definition) is 4.